The predicted octanol–water partition coefficient (Wildman–Crippen LogP) is 4.24. The Balaban J connectivity index is 1.46. The van der Waals surface area contributed by atoms with Crippen LogP contribution in [0.2, 0.25) is 0 Å². The zero-order valence-corrected chi connectivity index (χ0v) is 16.5. The van der Waals surface area contributed by atoms with Crippen LogP contribution < -0.4 is 10.2 Å². The summed E-state index contributed by atoms with van der Waals surface area (Å²) in [6.07, 6.45) is 1.38. The van der Waals surface area contributed by atoms with Crippen LogP contribution in [-0.2, 0) is 11.3 Å². The van der Waals surface area contributed by atoms with Crippen LogP contribution in [0.5, 0.6) is 0 Å². The van der Waals surface area contributed by atoms with Gasteiger partial charge in [-0.1, -0.05) is 12.1 Å². The van der Waals surface area contributed by atoms with Crippen molar-refractivity contribution in [3.05, 3.63) is 57.2 Å². The molecule has 5 nitrogen and oxygen atoms in total. The highest BCUT2D eigenvalue weighted by Gasteiger charge is 2.25. The van der Waals surface area contributed by atoms with Crippen LogP contribution in [0.15, 0.2) is 41.8 Å². The number of nitrogens with one attached hydrogen (secondary N) is 1. The van der Waals surface area contributed by atoms with Gasteiger partial charge in [-0.15, -0.1) is 22.7 Å². The molecule has 0 atom stereocenters. The SMILES string of the molecule is Cc1nc(-c2ccc(CNC(=O)c3ccccc3N3CCCC3=O)s2)cs1. The molecule has 1 aliphatic rings. The first-order chi connectivity index (χ1) is 13.1. The van der Waals surface area contributed by atoms with E-state index in [1.54, 1.807) is 33.6 Å². The van der Waals surface area contributed by atoms with Gasteiger partial charge in [0.15, 0.2) is 0 Å². The highest BCUT2D eigenvalue weighted by Crippen LogP contribution is 2.29. The summed E-state index contributed by atoms with van der Waals surface area (Å²) in [5, 5.41) is 6.07. The van der Waals surface area contributed by atoms with Crippen molar-refractivity contribution in [2.24, 2.45) is 0 Å². The highest BCUT2D eigenvalue weighted by atomic mass is 32.1. The summed E-state index contributed by atoms with van der Waals surface area (Å²) in [6.45, 7) is 3.12. The molecule has 1 fully saturated rings. The fourth-order valence-electron chi connectivity index (χ4n) is 3.15. The van der Waals surface area contributed by atoms with Crippen LogP contribution in [0.3, 0.4) is 0 Å². The van der Waals surface area contributed by atoms with Crippen LogP contribution in [0, 0.1) is 6.92 Å². The summed E-state index contributed by atoms with van der Waals surface area (Å²) < 4.78 is 0. The molecule has 138 valence electrons. The summed E-state index contributed by atoms with van der Waals surface area (Å²) in [6, 6.07) is 11.4. The normalized spacial score (nSPS) is 14.0. The number of aryl methyl sites for hydroxylation is 1. The van der Waals surface area contributed by atoms with Crippen LogP contribution >= 0.6 is 22.7 Å². The van der Waals surface area contributed by atoms with Crippen LogP contribution in [0.1, 0.15) is 33.1 Å². The molecule has 2 amide bonds. The Morgan fingerprint density at radius 3 is 2.85 bits per heavy atom. The summed E-state index contributed by atoms with van der Waals surface area (Å²) in [5.74, 6) is -0.0820. The molecule has 1 N–H and O–H groups in total. The Morgan fingerprint density at radius 2 is 2.11 bits per heavy atom. The number of aromatic nitrogens is 1. The fraction of sp³-hybridized carbons (Fsp3) is 0.250. The van der Waals surface area contributed by atoms with Crippen molar-refractivity contribution in [2.75, 3.05) is 11.4 Å². The number of hydrogen-bond donors (Lipinski definition) is 1. The molecule has 0 aliphatic carbocycles. The lowest BCUT2D eigenvalue weighted by atomic mass is 10.1. The number of amides is 2. The van der Waals surface area contributed by atoms with Gasteiger partial charge in [0.05, 0.1) is 33.4 Å². The standard InChI is InChI=1S/C20H19N3O2S2/c1-13-22-16(12-26-13)18-9-8-14(27-18)11-21-20(25)15-5-2-3-6-17(15)23-10-4-7-19(23)24/h2-3,5-6,8-9,12H,4,7,10-11H2,1H3,(H,21,25). The van der Waals surface area contributed by atoms with E-state index in [4.69, 9.17) is 0 Å². The Labute approximate surface area is 165 Å². The molecule has 7 heteroatoms. The number of nitrogens with zero attached hydrogens (tertiary/aromatic N) is 2. The van der Waals surface area contributed by atoms with Crippen molar-refractivity contribution in [3.8, 4) is 10.6 Å². The van der Waals surface area contributed by atoms with E-state index in [-0.39, 0.29) is 11.8 Å². The average molecular weight is 398 g/mol. The van der Waals surface area contributed by atoms with Gasteiger partial charge in [0.2, 0.25) is 5.91 Å². The second-order valence-electron chi connectivity index (χ2n) is 6.37. The van der Waals surface area contributed by atoms with Crippen LogP contribution in [0.25, 0.3) is 10.6 Å². The third-order valence-electron chi connectivity index (χ3n) is 4.47. The Kier molecular flexibility index (Phi) is 5.05. The zero-order chi connectivity index (χ0) is 18.8. The third kappa shape index (κ3) is 3.79. The quantitative estimate of drug-likeness (QED) is 0.701. The van der Waals surface area contributed by atoms with E-state index in [1.165, 1.54) is 0 Å². The van der Waals surface area contributed by atoms with Crippen molar-refractivity contribution < 1.29 is 9.59 Å². The average Bonchev–Trinajstić information content (AvgIpc) is 3.40. The van der Waals surface area contributed by atoms with Crippen LogP contribution in [-0.4, -0.2) is 23.3 Å². The Hall–Kier alpha value is -2.51. The van der Waals surface area contributed by atoms with Gasteiger partial charge in [0.1, 0.15) is 0 Å². The van der Waals surface area contributed by atoms with Crippen molar-refractivity contribution in [2.45, 2.75) is 26.3 Å². The summed E-state index contributed by atoms with van der Waals surface area (Å²) >= 11 is 3.26. The number of carbonyl (C=O) groups excluding carboxylic acids is 2. The lowest BCUT2D eigenvalue weighted by molar-refractivity contribution is -0.117. The molecule has 1 saturated heterocycles. The molecule has 0 unspecified atom stereocenters. The number of thiophene rings is 1. The van der Waals surface area contributed by atoms with Gasteiger partial charge in [0, 0.05) is 23.2 Å². The van der Waals surface area contributed by atoms with Gasteiger partial charge in [-0.05, 0) is 37.6 Å². The van der Waals surface area contributed by atoms with E-state index in [0.29, 0.717) is 30.8 Å². The smallest absolute Gasteiger partial charge is 0.253 e. The van der Waals surface area contributed by atoms with Gasteiger partial charge in [0.25, 0.3) is 5.91 Å². The summed E-state index contributed by atoms with van der Waals surface area (Å²) in [7, 11) is 0. The van der Waals surface area contributed by atoms with E-state index in [2.05, 4.69) is 10.3 Å². The van der Waals surface area contributed by atoms with E-state index < -0.39 is 0 Å². The minimum Gasteiger partial charge on any atom is -0.347 e. The van der Waals surface area contributed by atoms with Gasteiger partial charge in [-0.2, -0.15) is 0 Å². The molecule has 1 aliphatic heterocycles. The second-order valence-corrected chi connectivity index (χ2v) is 8.60. The van der Waals surface area contributed by atoms with Crippen molar-refractivity contribution in [3.63, 3.8) is 0 Å². The maximum Gasteiger partial charge on any atom is 0.253 e. The number of rotatable bonds is 5. The second kappa shape index (κ2) is 7.62. The van der Waals surface area contributed by atoms with Crippen molar-refractivity contribution in [1.29, 1.82) is 0 Å². The lowest BCUT2D eigenvalue weighted by Gasteiger charge is -2.19. The number of thiazole rings is 1. The van der Waals surface area contributed by atoms with E-state index in [1.807, 2.05) is 42.6 Å². The molecule has 4 rings (SSSR count). The zero-order valence-electron chi connectivity index (χ0n) is 14.9. The molecule has 3 heterocycles. The number of carbonyl (C=O) groups is 2. The van der Waals surface area contributed by atoms with Gasteiger partial charge < -0.3 is 10.2 Å². The Bertz CT molecular complexity index is 993. The van der Waals surface area contributed by atoms with Gasteiger partial charge in [-0.25, -0.2) is 4.98 Å². The predicted molar refractivity (Wildman–Crippen MR) is 109 cm³/mol. The number of hydrogen-bond acceptors (Lipinski definition) is 5. The topological polar surface area (TPSA) is 62.3 Å². The molecule has 27 heavy (non-hydrogen) atoms. The Morgan fingerprint density at radius 1 is 1.26 bits per heavy atom. The van der Waals surface area contributed by atoms with Crippen molar-refractivity contribution in [1.82, 2.24) is 10.3 Å². The largest absolute Gasteiger partial charge is 0.347 e. The third-order valence-corrected chi connectivity index (χ3v) is 6.35. The first-order valence-corrected chi connectivity index (χ1v) is 10.5. The maximum absolute atomic E-state index is 12.7. The van der Waals surface area contributed by atoms with E-state index >= 15 is 0 Å². The summed E-state index contributed by atoms with van der Waals surface area (Å²) in [5.41, 5.74) is 2.22. The van der Waals surface area contributed by atoms with E-state index in [0.717, 1.165) is 26.9 Å². The minimum atomic E-state index is -0.162. The number of para-hydroxylation sites is 1. The first kappa shape index (κ1) is 17.9. The van der Waals surface area contributed by atoms with E-state index in [9.17, 15) is 9.59 Å². The molecule has 1 aromatic carbocycles. The monoisotopic (exact) mass is 397 g/mol. The number of benzene rings is 1. The van der Waals surface area contributed by atoms with Gasteiger partial charge >= 0.3 is 0 Å². The molecule has 0 bridgehead atoms. The molecule has 0 spiro atoms. The molecule has 0 saturated carbocycles. The fourth-order valence-corrected chi connectivity index (χ4v) is 4.75. The molecule has 0 radical (unpaired) electrons. The minimum absolute atomic E-state index is 0.0803. The summed E-state index contributed by atoms with van der Waals surface area (Å²) in [4.78, 5) is 33.2. The first-order valence-electron chi connectivity index (χ1n) is 8.80. The van der Waals surface area contributed by atoms with Gasteiger partial charge in [-0.3, -0.25) is 9.59 Å². The molecular formula is C20H19N3O2S2. The molecule has 2 aromatic heterocycles. The number of anilines is 1. The highest BCUT2D eigenvalue weighted by molar-refractivity contribution is 7.16. The molecular weight excluding hydrogens is 378 g/mol. The maximum atomic E-state index is 12.7. The molecule has 3 aromatic rings. The van der Waals surface area contributed by atoms with Crippen molar-refractivity contribution >= 4 is 40.2 Å². The lowest BCUT2D eigenvalue weighted by Crippen LogP contribution is -2.29. The van der Waals surface area contributed by atoms with Crippen LogP contribution in [0.4, 0.5) is 5.69 Å².